The summed E-state index contributed by atoms with van der Waals surface area (Å²) in [4.78, 5) is 23.1. The number of nitrogens with zero attached hydrogens (tertiary/aromatic N) is 3. The number of amides is 1. The standard InChI is InChI=1S/C21H32N4O5S/c1-13-10-22-19(23-11-13)21-6-5-16(8-15(21)9-21)30-12-18-17(24-31(4,27)28)7-14(2)25(18)20(26)29-3/h10-11,14-18,24H,5-9,12H2,1-4H3/t14-,15+,16-,17+,18+,21+/m1/s1. The molecule has 31 heavy (non-hydrogen) atoms. The molecule has 2 aliphatic carbocycles. The zero-order valence-corrected chi connectivity index (χ0v) is 19.4. The molecule has 1 saturated heterocycles. The van der Waals surface area contributed by atoms with E-state index in [4.69, 9.17) is 9.47 Å². The smallest absolute Gasteiger partial charge is 0.410 e. The summed E-state index contributed by atoms with van der Waals surface area (Å²) < 4.78 is 37.5. The van der Waals surface area contributed by atoms with Gasteiger partial charge >= 0.3 is 6.09 Å². The molecule has 3 aliphatic rings. The van der Waals surface area contributed by atoms with Gasteiger partial charge < -0.3 is 9.47 Å². The molecular weight excluding hydrogens is 420 g/mol. The largest absolute Gasteiger partial charge is 0.453 e. The number of aromatic nitrogens is 2. The number of methoxy groups -OCH3 is 1. The normalized spacial score (nSPS) is 35.0. The third kappa shape index (κ3) is 4.56. The fourth-order valence-corrected chi connectivity index (χ4v) is 6.25. The molecule has 10 heteroatoms. The van der Waals surface area contributed by atoms with E-state index in [0.717, 1.165) is 43.3 Å². The number of nitrogens with one attached hydrogen (secondary N) is 1. The Morgan fingerprint density at radius 2 is 2.03 bits per heavy atom. The summed E-state index contributed by atoms with van der Waals surface area (Å²) in [6.45, 7) is 4.16. The molecule has 2 heterocycles. The van der Waals surface area contributed by atoms with Crippen molar-refractivity contribution in [2.24, 2.45) is 5.92 Å². The molecule has 0 unspecified atom stereocenters. The van der Waals surface area contributed by atoms with Gasteiger partial charge in [-0.3, -0.25) is 4.90 Å². The molecule has 1 amide bonds. The van der Waals surface area contributed by atoms with Crippen LogP contribution in [-0.4, -0.2) is 73.6 Å². The summed E-state index contributed by atoms with van der Waals surface area (Å²) in [5.41, 5.74) is 1.15. The van der Waals surface area contributed by atoms with E-state index >= 15 is 0 Å². The van der Waals surface area contributed by atoms with Crippen LogP contribution in [0.15, 0.2) is 12.4 Å². The van der Waals surface area contributed by atoms with Crippen molar-refractivity contribution in [1.29, 1.82) is 0 Å². The van der Waals surface area contributed by atoms with Crippen molar-refractivity contribution in [2.75, 3.05) is 20.0 Å². The summed E-state index contributed by atoms with van der Waals surface area (Å²) >= 11 is 0. The van der Waals surface area contributed by atoms with Gasteiger partial charge in [-0.05, 0) is 57.4 Å². The van der Waals surface area contributed by atoms with Crippen molar-refractivity contribution in [2.45, 2.75) is 75.6 Å². The van der Waals surface area contributed by atoms with Gasteiger partial charge in [0, 0.05) is 29.9 Å². The van der Waals surface area contributed by atoms with Crippen LogP contribution in [0.5, 0.6) is 0 Å². The predicted octanol–water partition coefficient (Wildman–Crippen LogP) is 1.76. The van der Waals surface area contributed by atoms with Crippen LogP contribution in [0, 0.1) is 12.8 Å². The second-order valence-corrected chi connectivity index (χ2v) is 11.2. The number of likely N-dealkylation sites (tertiary alicyclic amines) is 1. The van der Waals surface area contributed by atoms with Crippen molar-refractivity contribution >= 4 is 16.1 Å². The van der Waals surface area contributed by atoms with E-state index < -0.39 is 28.2 Å². The van der Waals surface area contributed by atoms with E-state index in [0.29, 0.717) is 12.3 Å². The molecule has 172 valence electrons. The summed E-state index contributed by atoms with van der Waals surface area (Å²) in [6, 6.07) is -0.932. The maximum Gasteiger partial charge on any atom is 0.410 e. The van der Waals surface area contributed by atoms with Gasteiger partial charge in [0.15, 0.2) is 0 Å². The Morgan fingerprint density at radius 3 is 2.65 bits per heavy atom. The number of carbonyl (C=O) groups excluding carboxylic acids is 1. The van der Waals surface area contributed by atoms with Crippen molar-refractivity contribution in [3.05, 3.63) is 23.8 Å². The van der Waals surface area contributed by atoms with E-state index in [-0.39, 0.29) is 24.2 Å². The van der Waals surface area contributed by atoms with Crippen LogP contribution in [0.25, 0.3) is 0 Å². The fourth-order valence-electron chi connectivity index (χ4n) is 5.45. The Hall–Kier alpha value is -1.78. The number of carbonyl (C=O) groups is 1. The molecule has 0 spiro atoms. The van der Waals surface area contributed by atoms with Crippen LogP contribution in [0.4, 0.5) is 4.79 Å². The molecule has 4 rings (SSSR count). The summed E-state index contributed by atoms with van der Waals surface area (Å²) in [5.74, 6) is 1.46. The van der Waals surface area contributed by atoms with E-state index in [1.165, 1.54) is 7.11 Å². The Balaban J connectivity index is 1.39. The zero-order chi connectivity index (χ0) is 22.4. The van der Waals surface area contributed by atoms with Gasteiger partial charge in [-0.15, -0.1) is 0 Å². The molecular formula is C21H32N4O5S. The Labute approximate surface area is 184 Å². The maximum atomic E-state index is 12.3. The molecule has 1 aliphatic heterocycles. The molecule has 1 aromatic heterocycles. The topological polar surface area (TPSA) is 111 Å². The van der Waals surface area contributed by atoms with Gasteiger partial charge in [0.2, 0.25) is 10.0 Å². The Bertz CT molecular complexity index is 924. The van der Waals surface area contributed by atoms with E-state index in [1.807, 2.05) is 26.2 Å². The monoisotopic (exact) mass is 452 g/mol. The molecule has 1 N–H and O–H groups in total. The first-order valence-electron chi connectivity index (χ1n) is 10.9. The van der Waals surface area contributed by atoms with Crippen LogP contribution in [0.3, 0.4) is 0 Å². The molecule has 3 fully saturated rings. The number of ether oxygens (including phenoxy) is 2. The van der Waals surface area contributed by atoms with Gasteiger partial charge in [0.25, 0.3) is 0 Å². The highest BCUT2D eigenvalue weighted by atomic mass is 32.2. The minimum atomic E-state index is -3.41. The third-order valence-electron chi connectivity index (χ3n) is 7.06. The fraction of sp³-hybridized carbons (Fsp3) is 0.762. The summed E-state index contributed by atoms with van der Waals surface area (Å²) in [6.07, 6.45) is 8.95. The lowest BCUT2D eigenvalue weighted by Gasteiger charge is -2.32. The number of aryl methyl sites for hydroxylation is 1. The van der Waals surface area contributed by atoms with Crippen molar-refractivity contribution in [3.8, 4) is 0 Å². The zero-order valence-electron chi connectivity index (χ0n) is 18.6. The highest BCUT2D eigenvalue weighted by Gasteiger charge is 2.60. The lowest BCUT2D eigenvalue weighted by Crippen LogP contribution is -2.50. The molecule has 6 atom stereocenters. The van der Waals surface area contributed by atoms with Gasteiger partial charge in [0.1, 0.15) is 5.82 Å². The number of sulfonamides is 1. The molecule has 0 bridgehead atoms. The quantitative estimate of drug-likeness (QED) is 0.700. The SMILES string of the molecule is COC(=O)N1[C@H](C)C[C@H](NS(C)(=O)=O)[C@@H]1CO[C@@H]1CC[C@]2(c3ncc(C)cn3)C[C@@H]2C1. The van der Waals surface area contributed by atoms with Gasteiger partial charge in [-0.2, -0.15) is 0 Å². The number of hydrogen-bond donors (Lipinski definition) is 1. The number of rotatable bonds is 6. The van der Waals surface area contributed by atoms with Crippen LogP contribution in [-0.2, 0) is 24.9 Å². The molecule has 2 saturated carbocycles. The van der Waals surface area contributed by atoms with Crippen LogP contribution < -0.4 is 4.72 Å². The van der Waals surface area contributed by atoms with Crippen molar-refractivity contribution in [1.82, 2.24) is 19.6 Å². The average Bonchev–Trinajstić information content (AvgIpc) is 3.36. The van der Waals surface area contributed by atoms with Crippen molar-refractivity contribution < 1.29 is 22.7 Å². The van der Waals surface area contributed by atoms with Crippen molar-refractivity contribution in [3.63, 3.8) is 0 Å². The Kier molecular flexibility index (Phi) is 5.99. The van der Waals surface area contributed by atoms with Crippen LogP contribution >= 0.6 is 0 Å². The first-order valence-corrected chi connectivity index (χ1v) is 12.8. The van der Waals surface area contributed by atoms with Gasteiger partial charge in [-0.1, -0.05) is 0 Å². The predicted molar refractivity (Wildman–Crippen MR) is 114 cm³/mol. The highest BCUT2D eigenvalue weighted by molar-refractivity contribution is 7.88. The first kappa shape index (κ1) is 22.4. The molecule has 0 aromatic carbocycles. The molecule has 9 nitrogen and oxygen atoms in total. The second-order valence-electron chi connectivity index (χ2n) is 9.40. The highest BCUT2D eigenvalue weighted by Crippen LogP contribution is 2.61. The lowest BCUT2D eigenvalue weighted by atomic mass is 9.86. The maximum absolute atomic E-state index is 12.3. The number of hydrogen-bond acceptors (Lipinski definition) is 7. The molecule has 1 aromatic rings. The van der Waals surface area contributed by atoms with Crippen LogP contribution in [0.2, 0.25) is 0 Å². The average molecular weight is 453 g/mol. The lowest BCUT2D eigenvalue weighted by molar-refractivity contribution is -0.0103. The van der Waals surface area contributed by atoms with E-state index in [9.17, 15) is 13.2 Å². The second kappa shape index (κ2) is 8.29. The van der Waals surface area contributed by atoms with Gasteiger partial charge in [0.05, 0.1) is 32.1 Å². The minimum absolute atomic E-state index is 0.0837. The van der Waals surface area contributed by atoms with E-state index in [1.54, 1.807) is 4.90 Å². The van der Waals surface area contributed by atoms with Gasteiger partial charge in [-0.25, -0.2) is 27.9 Å². The van der Waals surface area contributed by atoms with E-state index in [2.05, 4.69) is 14.7 Å². The summed E-state index contributed by atoms with van der Waals surface area (Å²) in [7, 11) is -2.07. The first-order chi connectivity index (χ1) is 14.6. The molecule has 0 radical (unpaired) electrons. The third-order valence-corrected chi connectivity index (χ3v) is 7.79. The Morgan fingerprint density at radius 1 is 1.32 bits per heavy atom. The van der Waals surface area contributed by atoms with Crippen LogP contribution in [0.1, 0.15) is 50.4 Å². The number of fused-ring (bicyclic) bond motifs is 1. The summed E-state index contributed by atoms with van der Waals surface area (Å²) in [5, 5.41) is 0. The minimum Gasteiger partial charge on any atom is -0.453 e.